The third-order valence-electron chi connectivity index (χ3n) is 4.99. The molecule has 3 saturated heterocycles. The van der Waals surface area contributed by atoms with Crippen LogP contribution in [0.25, 0.3) is 0 Å². The lowest BCUT2D eigenvalue weighted by Crippen LogP contribution is -2.66. The Hall–Kier alpha value is -1.17. The molecule has 3 aliphatic heterocycles. The Kier molecular flexibility index (Phi) is 4.15. The van der Waals surface area contributed by atoms with Crippen molar-refractivity contribution in [1.29, 1.82) is 0 Å². The zero-order chi connectivity index (χ0) is 15.0. The Labute approximate surface area is 127 Å². The van der Waals surface area contributed by atoms with Crippen molar-refractivity contribution in [1.82, 2.24) is 14.8 Å². The van der Waals surface area contributed by atoms with Gasteiger partial charge in [0, 0.05) is 74.2 Å². The highest BCUT2D eigenvalue weighted by molar-refractivity contribution is 5.41. The first kappa shape index (κ1) is 14.8. The van der Waals surface area contributed by atoms with Crippen molar-refractivity contribution in [2.24, 2.45) is 5.73 Å². The van der Waals surface area contributed by atoms with Crippen LogP contribution >= 0.6 is 0 Å². The van der Waals surface area contributed by atoms with E-state index in [0.29, 0.717) is 6.04 Å². The molecular weight excluding hydrogens is 264 g/mol. The molecule has 0 saturated carbocycles. The fraction of sp³-hybridized carbons (Fsp3) is 0.688. The van der Waals surface area contributed by atoms with E-state index in [1.54, 1.807) is 7.11 Å². The summed E-state index contributed by atoms with van der Waals surface area (Å²) < 4.78 is 5.49. The molecule has 2 bridgehead atoms. The van der Waals surface area contributed by atoms with Gasteiger partial charge in [0.1, 0.15) is 5.75 Å². The number of methoxy groups -OCH3 is 1. The second-order valence-corrected chi connectivity index (χ2v) is 6.32. The van der Waals surface area contributed by atoms with Crippen molar-refractivity contribution in [2.75, 3.05) is 39.8 Å². The Balaban J connectivity index is 1.74. The molecule has 1 aromatic rings. The Morgan fingerprint density at radius 1 is 1.33 bits per heavy atom. The average molecular weight is 290 g/mol. The van der Waals surface area contributed by atoms with Gasteiger partial charge in [-0.05, 0) is 13.8 Å². The number of piperazine rings is 3. The largest absolute Gasteiger partial charge is 0.496 e. The van der Waals surface area contributed by atoms with Gasteiger partial charge in [-0.3, -0.25) is 14.8 Å². The number of nitrogens with two attached hydrogens (primary N) is 1. The van der Waals surface area contributed by atoms with E-state index in [4.69, 9.17) is 10.5 Å². The summed E-state index contributed by atoms with van der Waals surface area (Å²) in [7, 11) is 1.72. The number of hydrogen-bond donors (Lipinski definition) is 1. The van der Waals surface area contributed by atoms with Crippen LogP contribution in [-0.2, 0) is 6.42 Å². The smallest absolute Gasteiger partial charge is 0.128 e. The number of aryl methyl sites for hydroxylation is 1. The Morgan fingerprint density at radius 3 is 2.62 bits per heavy atom. The first-order chi connectivity index (χ1) is 10.1. The summed E-state index contributed by atoms with van der Waals surface area (Å²) >= 11 is 0. The van der Waals surface area contributed by atoms with Gasteiger partial charge in [-0.25, -0.2) is 0 Å². The van der Waals surface area contributed by atoms with Gasteiger partial charge in [0.25, 0.3) is 0 Å². The minimum Gasteiger partial charge on any atom is -0.496 e. The fourth-order valence-corrected chi connectivity index (χ4v) is 3.70. The standard InChI is InChI=1S/C16H26N4O/c1-11-9-18-14(12(2)16(11)21-3)8-13(17)15-10-19-4-6-20(15)7-5-19/h9,13,15H,4-8,10,17H2,1-3H3. The summed E-state index contributed by atoms with van der Waals surface area (Å²) in [4.78, 5) is 9.67. The average Bonchev–Trinajstić information content (AvgIpc) is 2.51. The van der Waals surface area contributed by atoms with Crippen molar-refractivity contribution in [3.8, 4) is 5.75 Å². The molecule has 0 amide bonds. The van der Waals surface area contributed by atoms with Crippen LogP contribution in [0, 0.1) is 13.8 Å². The van der Waals surface area contributed by atoms with Gasteiger partial charge in [0.05, 0.1) is 7.11 Å². The molecule has 5 nitrogen and oxygen atoms in total. The minimum absolute atomic E-state index is 0.131. The molecule has 2 atom stereocenters. The van der Waals surface area contributed by atoms with Gasteiger partial charge < -0.3 is 10.5 Å². The quantitative estimate of drug-likeness (QED) is 0.879. The maximum absolute atomic E-state index is 6.52. The predicted octanol–water partition coefficient (Wildman–Crippen LogP) is 0.577. The molecule has 2 unspecified atom stereocenters. The lowest BCUT2D eigenvalue weighted by atomic mass is 9.95. The number of pyridine rings is 1. The highest BCUT2D eigenvalue weighted by atomic mass is 16.5. The van der Waals surface area contributed by atoms with Gasteiger partial charge in [0.15, 0.2) is 0 Å². The minimum atomic E-state index is 0.131. The number of fused-ring (bicyclic) bond motifs is 3. The van der Waals surface area contributed by atoms with E-state index in [1.807, 2.05) is 13.1 Å². The first-order valence-electron chi connectivity index (χ1n) is 7.81. The zero-order valence-corrected chi connectivity index (χ0v) is 13.3. The molecule has 0 radical (unpaired) electrons. The molecule has 0 spiro atoms. The van der Waals surface area contributed by atoms with Crippen molar-refractivity contribution < 1.29 is 4.74 Å². The van der Waals surface area contributed by atoms with Crippen molar-refractivity contribution >= 4 is 0 Å². The molecule has 1 aromatic heterocycles. The third kappa shape index (κ3) is 2.78. The van der Waals surface area contributed by atoms with E-state index in [9.17, 15) is 0 Å². The topological polar surface area (TPSA) is 54.6 Å². The molecule has 3 fully saturated rings. The van der Waals surface area contributed by atoms with E-state index in [1.165, 1.54) is 13.1 Å². The number of hydrogen-bond acceptors (Lipinski definition) is 5. The van der Waals surface area contributed by atoms with Gasteiger partial charge in [-0.2, -0.15) is 0 Å². The normalized spacial score (nSPS) is 29.4. The maximum Gasteiger partial charge on any atom is 0.128 e. The van der Waals surface area contributed by atoms with E-state index in [0.717, 1.165) is 48.6 Å². The lowest BCUT2D eigenvalue weighted by Gasteiger charge is -2.49. The molecule has 4 rings (SSSR count). The second-order valence-electron chi connectivity index (χ2n) is 6.32. The van der Waals surface area contributed by atoms with Crippen molar-refractivity contribution in [2.45, 2.75) is 32.4 Å². The SMILES string of the molecule is COc1c(C)cnc(CC(N)C2CN3CCN2CC3)c1C. The molecule has 0 aromatic carbocycles. The van der Waals surface area contributed by atoms with Crippen LogP contribution in [0.1, 0.15) is 16.8 Å². The number of nitrogens with zero attached hydrogens (tertiary/aromatic N) is 3. The Morgan fingerprint density at radius 2 is 2.05 bits per heavy atom. The van der Waals surface area contributed by atoms with E-state index >= 15 is 0 Å². The number of aromatic nitrogens is 1. The first-order valence-corrected chi connectivity index (χ1v) is 7.81. The maximum atomic E-state index is 6.52. The van der Waals surface area contributed by atoms with Gasteiger partial charge >= 0.3 is 0 Å². The molecule has 4 heterocycles. The van der Waals surface area contributed by atoms with Crippen molar-refractivity contribution in [3.63, 3.8) is 0 Å². The summed E-state index contributed by atoms with van der Waals surface area (Å²) in [6, 6.07) is 0.590. The van der Waals surface area contributed by atoms with E-state index < -0.39 is 0 Å². The third-order valence-corrected chi connectivity index (χ3v) is 4.99. The summed E-state index contributed by atoms with van der Waals surface area (Å²) in [6.45, 7) is 9.91. The van der Waals surface area contributed by atoms with Gasteiger partial charge in [-0.1, -0.05) is 0 Å². The zero-order valence-electron chi connectivity index (χ0n) is 13.3. The number of rotatable bonds is 4. The molecule has 2 N–H and O–H groups in total. The predicted molar refractivity (Wildman–Crippen MR) is 83.7 cm³/mol. The van der Waals surface area contributed by atoms with Crippen LogP contribution in [0.15, 0.2) is 6.20 Å². The van der Waals surface area contributed by atoms with E-state index in [-0.39, 0.29) is 6.04 Å². The van der Waals surface area contributed by atoms with Gasteiger partial charge in [0.2, 0.25) is 0 Å². The molecular formula is C16H26N4O. The van der Waals surface area contributed by atoms with Crippen LogP contribution < -0.4 is 10.5 Å². The van der Waals surface area contributed by atoms with Crippen LogP contribution in [0.4, 0.5) is 0 Å². The molecule has 21 heavy (non-hydrogen) atoms. The van der Waals surface area contributed by atoms with Crippen LogP contribution in [-0.4, -0.2) is 66.7 Å². The van der Waals surface area contributed by atoms with Crippen LogP contribution in [0.5, 0.6) is 5.75 Å². The highest BCUT2D eigenvalue weighted by Crippen LogP contribution is 2.26. The van der Waals surface area contributed by atoms with Crippen LogP contribution in [0.2, 0.25) is 0 Å². The van der Waals surface area contributed by atoms with Crippen LogP contribution in [0.3, 0.4) is 0 Å². The Bertz CT molecular complexity index is 511. The molecule has 0 aliphatic carbocycles. The fourth-order valence-electron chi connectivity index (χ4n) is 3.70. The number of ether oxygens (including phenoxy) is 1. The van der Waals surface area contributed by atoms with E-state index in [2.05, 4.69) is 21.7 Å². The highest BCUT2D eigenvalue weighted by Gasteiger charge is 2.35. The van der Waals surface area contributed by atoms with Gasteiger partial charge in [-0.15, -0.1) is 0 Å². The molecule has 3 aliphatic rings. The summed E-state index contributed by atoms with van der Waals surface area (Å²) in [5.41, 5.74) is 9.80. The molecule has 116 valence electrons. The lowest BCUT2D eigenvalue weighted by molar-refractivity contribution is 0.00245. The summed E-state index contributed by atoms with van der Waals surface area (Å²) in [5.74, 6) is 0.946. The molecule has 5 heteroatoms. The summed E-state index contributed by atoms with van der Waals surface area (Å²) in [5, 5.41) is 0. The second kappa shape index (κ2) is 5.91. The van der Waals surface area contributed by atoms with Crippen molar-refractivity contribution in [3.05, 3.63) is 23.0 Å². The monoisotopic (exact) mass is 290 g/mol. The summed E-state index contributed by atoms with van der Waals surface area (Å²) in [6.07, 6.45) is 2.71.